The van der Waals surface area contributed by atoms with Gasteiger partial charge in [0.1, 0.15) is 4.88 Å². The van der Waals surface area contributed by atoms with Gasteiger partial charge in [-0.2, -0.15) is 0 Å². The number of benzene rings is 1. The van der Waals surface area contributed by atoms with Crippen LogP contribution in [0.2, 0.25) is 0 Å². The summed E-state index contributed by atoms with van der Waals surface area (Å²) in [6.07, 6.45) is -2.22. The van der Waals surface area contributed by atoms with Gasteiger partial charge < -0.3 is 24.6 Å². The minimum atomic E-state index is -4.89. The monoisotopic (exact) mass is 558 g/mol. The lowest BCUT2D eigenvalue weighted by molar-refractivity contribution is -0.274. The fourth-order valence-electron chi connectivity index (χ4n) is 4.71. The van der Waals surface area contributed by atoms with Crippen LogP contribution in [0.5, 0.6) is 5.75 Å². The first-order chi connectivity index (χ1) is 18.7. The molecule has 0 spiro atoms. The first kappa shape index (κ1) is 26.7. The van der Waals surface area contributed by atoms with Crippen LogP contribution in [0, 0.1) is 6.57 Å². The van der Waals surface area contributed by atoms with E-state index in [1.54, 1.807) is 25.3 Å². The molecule has 0 bridgehead atoms. The number of rotatable bonds is 6. The van der Waals surface area contributed by atoms with Crippen LogP contribution in [-0.4, -0.2) is 67.0 Å². The topological polar surface area (TPSA) is 84.2 Å². The molecule has 1 aromatic carbocycles. The van der Waals surface area contributed by atoms with E-state index in [2.05, 4.69) is 34.7 Å². The number of nitrogens with zero attached hydrogens (tertiary/aromatic N) is 5. The van der Waals surface area contributed by atoms with E-state index in [4.69, 9.17) is 11.3 Å². The minimum absolute atomic E-state index is 0.0453. The second kappa shape index (κ2) is 10.7. The van der Waals surface area contributed by atoms with Crippen molar-refractivity contribution in [3.63, 3.8) is 0 Å². The molecule has 0 atom stereocenters. The molecular weight excluding hydrogens is 533 g/mol. The first-order valence-electron chi connectivity index (χ1n) is 12.3. The number of aromatic nitrogens is 2. The number of alkyl halides is 3. The number of nitrogens with one attached hydrogen (secondary N) is 1. The van der Waals surface area contributed by atoms with Gasteiger partial charge in [0.05, 0.1) is 24.6 Å². The number of likely N-dealkylation sites (N-methyl/N-ethyl adjacent to an activating group) is 1. The summed E-state index contributed by atoms with van der Waals surface area (Å²) < 4.78 is 49.0. The zero-order chi connectivity index (χ0) is 27.7. The molecule has 39 heavy (non-hydrogen) atoms. The van der Waals surface area contributed by atoms with Crippen molar-refractivity contribution in [1.82, 2.24) is 14.9 Å². The number of carbonyl (C=O) groups is 1. The first-order valence-corrected chi connectivity index (χ1v) is 13.1. The number of esters is 1. The Labute approximate surface area is 227 Å². The molecule has 3 heterocycles. The third-order valence-corrected chi connectivity index (χ3v) is 7.71. The Balaban J connectivity index is 1.52. The molecule has 2 aromatic heterocycles. The molecule has 1 aliphatic carbocycles. The summed E-state index contributed by atoms with van der Waals surface area (Å²) in [5, 5.41) is 3.20. The fourth-order valence-corrected chi connectivity index (χ4v) is 5.74. The number of fused-ring (bicyclic) bond motifs is 3. The Morgan fingerprint density at radius 2 is 2.00 bits per heavy atom. The zero-order valence-electron chi connectivity index (χ0n) is 21.3. The van der Waals surface area contributed by atoms with Gasteiger partial charge in [0.2, 0.25) is 5.95 Å². The van der Waals surface area contributed by atoms with Crippen molar-refractivity contribution in [3.8, 4) is 17.0 Å². The van der Waals surface area contributed by atoms with E-state index >= 15 is 0 Å². The van der Waals surface area contributed by atoms with Gasteiger partial charge in [0, 0.05) is 43.6 Å². The van der Waals surface area contributed by atoms with Crippen molar-refractivity contribution in [3.05, 3.63) is 51.8 Å². The molecule has 5 rings (SSSR count). The molecule has 0 saturated carbocycles. The Morgan fingerprint density at radius 3 is 2.69 bits per heavy atom. The van der Waals surface area contributed by atoms with Crippen LogP contribution in [0.25, 0.3) is 16.1 Å². The van der Waals surface area contributed by atoms with E-state index < -0.39 is 18.1 Å². The molecule has 0 amide bonds. The van der Waals surface area contributed by atoms with Crippen LogP contribution in [0.4, 0.5) is 35.5 Å². The molecule has 13 heteroatoms. The highest BCUT2D eigenvalue weighted by molar-refractivity contribution is 7.18. The van der Waals surface area contributed by atoms with Gasteiger partial charge in [-0.25, -0.2) is 19.6 Å². The van der Waals surface area contributed by atoms with Crippen LogP contribution in [-0.2, 0) is 17.6 Å². The molecule has 204 valence electrons. The van der Waals surface area contributed by atoms with E-state index in [-0.39, 0.29) is 18.2 Å². The summed E-state index contributed by atoms with van der Waals surface area (Å²) in [5.74, 6) is -0.854. The van der Waals surface area contributed by atoms with Crippen molar-refractivity contribution in [2.24, 2.45) is 0 Å². The molecule has 0 unspecified atom stereocenters. The Bertz CT molecular complexity index is 1440. The van der Waals surface area contributed by atoms with Crippen molar-refractivity contribution in [1.29, 1.82) is 0 Å². The standard InChI is InChI=1S/C26H25F3N6O3S/c1-4-37-24(36)22-17-7-5-15-14-31-25(33-21(15)20(17)23(30-2)39-22)32-18-13-16(35-11-9-34(3)10-12-35)6-8-19(18)38-26(27,28)29/h6,8,13-14H,4-5,7,9-12H2,1,3H3,(H,31,32,33). The van der Waals surface area contributed by atoms with Crippen LogP contribution in [0.3, 0.4) is 0 Å². The predicted octanol–water partition coefficient (Wildman–Crippen LogP) is 5.43. The highest BCUT2D eigenvalue weighted by atomic mass is 32.1. The van der Waals surface area contributed by atoms with Gasteiger partial charge in [-0.1, -0.05) is 0 Å². The lowest BCUT2D eigenvalue weighted by atomic mass is 9.91. The Kier molecular flexibility index (Phi) is 7.33. The highest BCUT2D eigenvalue weighted by Crippen LogP contribution is 2.47. The smallest absolute Gasteiger partial charge is 0.462 e. The van der Waals surface area contributed by atoms with Gasteiger partial charge in [-0.05, 0) is 56.1 Å². The van der Waals surface area contributed by atoms with Crippen molar-refractivity contribution in [2.75, 3.05) is 50.1 Å². The highest BCUT2D eigenvalue weighted by Gasteiger charge is 2.33. The van der Waals surface area contributed by atoms with Crippen LogP contribution in [0.15, 0.2) is 24.4 Å². The molecule has 1 fully saturated rings. The SMILES string of the molecule is [C-]#[N+]c1sc(C(=O)OCC)c2c1-c1nc(Nc3cc(N4CCN(C)CC4)ccc3OC(F)(F)F)ncc1CC2. The van der Waals surface area contributed by atoms with E-state index in [1.807, 2.05) is 7.05 Å². The van der Waals surface area contributed by atoms with Gasteiger partial charge in [0.25, 0.3) is 5.00 Å². The number of carbonyl (C=O) groups excluding carboxylic acids is 1. The third kappa shape index (κ3) is 5.62. The lowest BCUT2D eigenvalue weighted by Crippen LogP contribution is -2.44. The average Bonchev–Trinajstić information content (AvgIpc) is 3.29. The molecule has 1 aliphatic heterocycles. The second-order valence-corrected chi connectivity index (χ2v) is 10.1. The van der Waals surface area contributed by atoms with Crippen LogP contribution in [0.1, 0.15) is 27.7 Å². The van der Waals surface area contributed by atoms with E-state index in [0.717, 1.165) is 48.8 Å². The normalized spacial score (nSPS) is 15.2. The molecule has 3 aromatic rings. The number of anilines is 3. The zero-order valence-corrected chi connectivity index (χ0v) is 22.1. The summed E-state index contributed by atoms with van der Waals surface area (Å²) in [5.41, 5.74) is 3.29. The van der Waals surface area contributed by atoms with Crippen LogP contribution >= 0.6 is 11.3 Å². The maximum atomic E-state index is 13.2. The molecule has 1 saturated heterocycles. The maximum Gasteiger partial charge on any atom is 0.573 e. The summed E-state index contributed by atoms with van der Waals surface area (Å²) in [6, 6.07) is 4.47. The number of piperazine rings is 1. The molecule has 2 aliphatic rings. The van der Waals surface area contributed by atoms with Gasteiger partial charge in [-0.15, -0.1) is 24.5 Å². The molecular formula is C26H25F3N6O3S. The number of halogens is 3. The number of hydrogen-bond donors (Lipinski definition) is 1. The summed E-state index contributed by atoms with van der Waals surface area (Å²) in [4.78, 5) is 29.7. The second-order valence-electron chi connectivity index (χ2n) is 9.13. The molecule has 9 nitrogen and oxygen atoms in total. The lowest BCUT2D eigenvalue weighted by Gasteiger charge is -2.34. The van der Waals surface area contributed by atoms with E-state index in [9.17, 15) is 18.0 Å². The fraction of sp³-hybridized carbons (Fsp3) is 0.385. The van der Waals surface area contributed by atoms with Gasteiger partial charge in [-0.3, -0.25) is 0 Å². The molecule has 0 radical (unpaired) electrons. The number of ether oxygens (including phenoxy) is 2. The summed E-state index contributed by atoms with van der Waals surface area (Å²) in [6.45, 7) is 12.7. The van der Waals surface area contributed by atoms with E-state index in [1.165, 1.54) is 6.07 Å². The summed E-state index contributed by atoms with van der Waals surface area (Å²) >= 11 is 1.06. The van der Waals surface area contributed by atoms with Crippen molar-refractivity contribution >= 4 is 39.6 Å². The average molecular weight is 559 g/mol. The number of hydrogen-bond acceptors (Lipinski definition) is 9. The van der Waals surface area contributed by atoms with Gasteiger partial charge in [0.15, 0.2) is 5.75 Å². The Hall–Kier alpha value is -3.89. The quantitative estimate of drug-likeness (QED) is 0.317. The van der Waals surface area contributed by atoms with Crippen molar-refractivity contribution < 1.29 is 27.4 Å². The number of aryl methyl sites for hydroxylation is 1. The maximum absolute atomic E-state index is 13.2. The number of thiophene rings is 1. The third-order valence-electron chi connectivity index (χ3n) is 6.60. The van der Waals surface area contributed by atoms with Crippen molar-refractivity contribution in [2.45, 2.75) is 26.1 Å². The largest absolute Gasteiger partial charge is 0.573 e. The Morgan fingerprint density at radius 1 is 1.23 bits per heavy atom. The predicted molar refractivity (Wildman–Crippen MR) is 141 cm³/mol. The minimum Gasteiger partial charge on any atom is -0.462 e. The van der Waals surface area contributed by atoms with Crippen LogP contribution < -0.4 is 15.0 Å². The van der Waals surface area contributed by atoms with Gasteiger partial charge >= 0.3 is 12.3 Å². The van der Waals surface area contributed by atoms with E-state index in [0.29, 0.717) is 39.5 Å². The molecule has 1 N–H and O–H groups in total. The summed E-state index contributed by atoms with van der Waals surface area (Å²) in [7, 11) is 2.02.